The van der Waals surface area contributed by atoms with E-state index in [4.69, 9.17) is 21.9 Å². The van der Waals surface area contributed by atoms with Crippen LogP contribution in [0.3, 0.4) is 0 Å². The first-order valence-electron chi connectivity index (χ1n) is 3.78. The number of hydrogen-bond donors (Lipinski definition) is 4. The van der Waals surface area contributed by atoms with Crippen molar-refractivity contribution < 1.29 is 9.84 Å². The molecule has 1 aliphatic heterocycles. The summed E-state index contributed by atoms with van der Waals surface area (Å²) in [5, 5.41) is 9.27. The van der Waals surface area contributed by atoms with Crippen LogP contribution < -0.4 is 17.2 Å². The number of nitrogens with zero attached hydrogens (tertiary/aromatic N) is 2. The number of nitrogens with two attached hydrogens (primary N) is 3. The predicted octanol–water partition coefficient (Wildman–Crippen LogP) is -2.67. The van der Waals surface area contributed by atoms with Gasteiger partial charge in [0, 0.05) is 0 Å². The topological polar surface area (TPSA) is 132 Å². The Kier molecular flexibility index (Phi) is 3.04. The molecule has 74 valence electrons. The van der Waals surface area contributed by atoms with Gasteiger partial charge >= 0.3 is 0 Å². The van der Waals surface area contributed by atoms with Gasteiger partial charge in [0.1, 0.15) is 12.1 Å². The van der Waals surface area contributed by atoms with E-state index in [2.05, 4.69) is 9.98 Å². The lowest BCUT2D eigenvalue weighted by molar-refractivity contribution is 0.125. The first kappa shape index (κ1) is 9.75. The smallest absolute Gasteiger partial charge is 0.219 e. The van der Waals surface area contributed by atoms with Crippen molar-refractivity contribution in [2.24, 2.45) is 27.2 Å². The van der Waals surface area contributed by atoms with Gasteiger partial charge in [-0.15, -0.1) is 0 Å². The number of rotatable bonds is 1. The Morgan fingerprint density at radius 2 is 2.00 bits per heavy atom. The maximum Gasteiger partial charge on any atom is 0.219 e. The maximum absolute atomic E-state index is 9.27. The summed E-state index contributed by atoms with van der Waals surface area (Å²) in [6, 6.07) is -0.372. The fourth-order valence-electron chi connectivity index (χ4n) is 0.986. The first-order valence-corrected chi connectivity index (χ1v) is 3.78. The van der Waals surface area contributed by atoms with E-state index in [1.54, 1.807) is 0 Å². The van der Waals surface area contributed by atoms with E-state index in [-0.39, 0.29) is 24.6 Å². The largest absolute Gasteiger partial charge is 0.388 e. The van der Waals surface area contributed by atoms with Crippen molar-refractivity contribution in [1.29, 1.82) is 0 Å². The quantitative estimate of drug-likeness (QED) is 0.262. The molecule has 7 N–H and O–H groups in total. The number of guanidine groups is 2. The molecule has 1 heterocycles. The van der Waals surface area contributed by atoms with Crippen LogP contribution >= 0.6 is 0 Å². The number of ether oxygens (including phenoxy) is 1. The highest BCUT2D eigenvalue weighted by Crippen LogP contribution is 2.08. The molecule has 0 aromatic rings. The molecule has 0 aromatic carbocycles. The highest BCUT2D eigenvalue weighted by molar-refractivity contribution is 5.92. The normalized spacial score (nSPS) is 28.8. The molecule has 0 bridgehead atoms. The van der Waals surface area contributed by atoms with Crippen molar-refractivity contribution in [1.82, 2.24) is 0 Å². The molecule has 0 unspecified atom stereocenters. The summed E-state index contributed by atoms with van der Waals surface area (Å²) in [6.07, 6.45) is -0.632. The molecule has 0 spiro atoms. The fourth-order valence-corrected chi connectivity index (χ4v) is 0.986. The number of aliphatic imine (C=N–C) groups is 2. The van der Waals surface area contributed by atoms with Gasteiger partial charge in [0.15, 0.2) is 5.96 Å². The van der Waals surface area contributed by atoms with Crippen molar-refractivity contribution >= 4 is 11.9 Å². The molecule has 1 saturated heterocycles. The minimum atomic E-state index is -0.632. The molecule has 0 amide bonds. The summed E-state index contributed by atoms with van der Waals surface area (Å²) < 4.78 is 4.95. The first-order chi connectivity index (χ1) is 6.09. The highest BCUT2D eigenvalue weighted by atomic mass is 16.5. The van der Waals surface area contributed by atoms with Crippen LogP contribution in [0.15, 0.2) is 9.98 Å². The molecule has 2 atom stereocenters. The van der Waals surface area contributed by atoms with E-state index < -0.39 is 6.10 Å². The summed E-state index contributed by atoms with van der Waals surface area (Å²) in [5.41, 5.74) is 15.5. The second-order valence-corrected chi connectivity index (χ2v) is 2.70. The van der Waals surface area contributed by atoms with Crippen LogP contribution in [0.5, 0.6) is 0 Å². The molecule has 1 aliphatic rings. The van der Waals surface area contributed by atoms with Crippen molar-refractivity contribution in [3.05, 3.63) is 0 Å². The molecule has 0 radical (unpaired) electrons. The predicted molar refractivity (Wildman–Crippen MR) is 48.0 cm³/mol. The zero-order valence-electron chi connectivity index (χ0n) is 7.05. The third-order valence-corrected chi connectivity index (χ3v) is 1.56. The van der Waals surface area contributed by atoms with Crippen molar-refractivity contribution in [3.8, 4) is 0 Å². The van der Waals surface area contributed by atoms with Gasteiger partial charge in [-0.2, -0.15) is 4.99 Å². The van der Waals surface area contributed by atoms with Gasteiger partial charge in [0.25, 0.3) is 0 Å². The van der Waals surface area contributed by atoms with Crippen LogP contribution in [0.25, 0.3) is 0 Å². The lowest BCUT2D eigenvalue weighted by atomic mass is 10.2. The molecule has 0 aliphatic carbocycles. The van der Waals surface area contributed by atoms with Crippen molar-refractivity contribution in [2.45, 2.75) is 12.1 Å². The van der Waals surface area contributed by atoms with Gasteiger partial charge in [0.2, 0.25) is 5.96 Å². The molecule has 1 rings (SSSR count). The van der Waals surface area contributed by atoms with Gasteiger partial charge in [-0.3, -0.25) is 0 Å². The maximum atomic E-state index is 9.27. The Labute approximate surface area is 75.3 Å². The minimum absolute atomic E-state index is 0.0467. The van der Waals surface area contributed by atoms with E-state index in [1.807, 2.05) is 0 Å². The van der Waals surface area contributed by atoms with Crippen LogP contribution in [0.1, 0.15) is 0 Å². The lowest BCUT2D eigenvalue weighted by Gasteiger charge is -2.05. The Balaban J connectivity index is 2.59. The molecular weight excluding hydrogens is 174 g/mol. The monoisotopic (exact) mass is 187 g/mol. The fraction of sp³-hybridized carbons (Fsp3) is 0.667. The SMILES string of the molecule is NC(N)=NC(N)=N[C@@H]1COC[C@H]1O. The number of hydrogen-bond acceptors (Lipinski definition) is 3. The van der Waals surface area contributed by atoms with Crippen LogP contribution in [-0.2, 0) is 4.74 Å². The average Bonchev–Trinajstić information content (AvgIpc) is 2.34. The summed E-state index contributed by atoms with van der Waals surface area (Å²) in [4.78, 5) is 7.38. The second-order valence-electron chi connectivity index (χ2n) is 2.70. The second kappa shape index (κ2) is 4.06. The van der Waals surface area contributed by atoms with E-state index in [9.17, 15) is 5.11 Å². The Morgan fingerprint density at radius 1 is 1.31 bits per heavy atom. The summed E-state index contributed by atoms with van der Waals surface area (Å²) in [7, 11) is 0. The molecule has 13 heavy (non-hydrogen) atoms. The van der Waals surface area contributed by atoms with Crippen molar-refractivity contribution in [3.63, 3.8) is 0 Å². The zero-order chi connectivity index (χ0) is 9.84. The van der Waals surface area contributed by atoms with Gasteiger partial charge in [-0.1, -0.05) is 0 Å². The summed E-state index contributed by atoms with van der Waals surface area (Å²) in [5.74, 6) is -0.204. The molecule has 7 heteroatoms. The molecule has 0 aromatic heterocycles. The van der Waals surface area contributed by atoms with Crippen LogP contribution in [0, 0.1) is 0 Å². The number of aliphatic hydroxyl groups is 1. The van der Waals surface area contributed by atoms with Crippen LogP contribution in [0.4, 0.5) is 0 Å². The standard InChI is InChI=1S/C6H13N5O2/c7-5(8)11-6(9)10-3-1-13-2-4(3)12/h3-4,12H,1-2H2,(H6,7,8,9,10,11)/t3-,4-/m1/s1. The highest BCUT2D eigenvalue weighted by Gasteiger charge is 2.25. The lowest BCUT2D eigenvalue weighted by Crippen LogP contribution is -2.29. The molecule has 0 saturated carbocycles. The third kappa shape index (κ3) is 2.88. The van der Waals surface area contributed by atoms with Gasteiger partial charge in [-0.05, 0) is 0 Å². The molecule has 7 nitrogen and oxygen atoms in total. The summed E-state index contributed by atoms with van der Waals surface area (Å²) >= 11 is 0. The van der Waals surface area contributed by atoms with Gasteiger partial charge in [0.05, 0.1) is 13.2 Å². The zero-order valence-corrected chi connectivity index (χ0v) is 7.05. The minimum Gasteiger partial charge on any atom is -0.388 e. The van der Waals surface area contributed by atoms with Crippen molar-refractivity contribution in [2.75, 3.05) is 13.2 Å². The average molecular weight is 187 g/mol. The van der Waals surface area contributed by atoms with E-state index in [0.717, 1.165) is 0 Å². The van der Waals surface area contributed by atoms with E-state index in [0.29, 0.717) is 6.61 Å². The van der Waals surface area contributed by atoms with Gasteiger partial charge in [-0.25, -0.2) is 4.99 Å². The van der Waals surface area contributed by atoms with Gasteiger partial charge < -0.3 is 27.0 Å². The Bertz CT molecular complexity index is 235. The summed E-state index contributed by atoms with van der Waals surface area (Å²) in [6.45, 7) is 0.602. The third-order valence-electron chi connectivity index (χ3n) is 1.56. The molecular formula is C6H13N5O2. The van der Waals surface area contributed by atoms with Crippen LogP contribution in [-0.4, -0.2) is 42.4 Å². The number of aliphatic hydroxyl groups excluding tert-OH is 1. The molecule has 1 fully saturated rings. The van der Waals surface area contributed by atoms with E-state index >= 15 is 0 Å². The van der Waals surface area contributed by atoms with E-state index in [1.165, 1.54) is 0 Å². The Morgan fingerprint density at radius 3 is 2.46 bits per heavy atom. The Hall–Kier alpha value is -1.34. The van der Waals surface area contributed by atoms with Crippen LogP contribution in [0.2, 0.25) is 0 Å².